The Morgan fingerprint density at radius 3 is 2.68 bits per heavy atom. The Morgan fingerprint density at radius 1 is 1.00 bits per heavy atom. The van der Waals surface area contributed by atoms with Gasteiger partial charge in [0.05, 0.1) is 6.04 Å². The molecule has 4 aromatic rings. The maximum atomic E-state index is 4.53. The number of aryl methyl sites for hydroxylation is 1. The van der Waals surface area contributed by atoms with E-state index >= 15 is 0 Å². The van der Waals surface area contributed by atoms with Crippen molar-refractivity contribution in [3.05, 3.63) is 82.1 Å². The molecule has 1 unspecified atom stereocenters. The van der Waals surface area contributed by atoms with Crippen LogP contribution in [0.3, 0.4) is 0 Å². The minimum atomic E-state index is 0.0776. The first-order valence-electron chi connectivity index (χ1n) is 8.30. The molecule has 2 aromatic carbocycles. The van der Waals surface area contributed by atoms with Crippen LogP contribution in [0.4, 0.5) is 5.69 Å². The Balaban J connectivity index is 1.83. The summed E-state index contributed by atoms with van der Waals surface area (Å²) in [5.41, 5.74) is 8.26. The summed E-state index contributed by atoms with van der Waals surface area (Å²) in [6.07, 6.45) is 3.96. The highest BCUT2D eigenvalue weighted by Gasteiger charge is 2.25. The van der Waals surface area contributed by atoms with Crippen molar-refractivity contribution in [3.63, 3.8) is 0 Å². The zero-order chi connectivity index (χ0) is 17.0. The van der Waals surface area contributed by atoms with E-state index in [1.807, 2.05) is 6.20 Å². The summed E-state index contributed by atoms with van der Waals surface area (Å²) in [6, 6.07) is 17.3. The van der Waals surface area contributed by atoms with Crippen molar-refractivity contribution >= 4 is 32.7 Å². The van der Waals surface area contributed by atoms with Gasteiger partial charge in [-0.1, -0.05) is 39.7 Å². The number of aromatic amines is 1. The van der Waals surface area contributed by atoms with E-state index in [2.05, 4.69) is 92.9 Å². The second kappa shape index (κ2) is 5.46. The Bertz CT molecular complexity index is 1100. The average molecular weight is 390 g/mol. The number of hydrogen-bond acceptors (Lipinski definition) is 2. The highest BCUT2D eigenvalue weighted by Crippen LogP contribution is 2.43. The van der Waals surface area contributed by atoms with Gasteiger partial charge in [-0.2, -0.15) is 0 Å². The molecule has 0 amide bonds. The van der Waals surface area contributed by atoms with Crippen molar-refractivity contribution in [2.75, 3.05) is 5.32 Å². The molecule has 2 aromatic heterocycles. The van der Waals surface area contributed by atoms with Crippen LogP contribution < -0.4 is 5.32 Å². The number of rotatable bonds is 1. The van der Waals surface area contributed by atoms with Gasteiger partial charge in [0, 0.05) is 39.1 Å². The lowest BCUT2D eigenvalue weighted by atomic mass is 9.97. The van der Waals surface area contributed by atoms with E-state index in [0.29, 0.717) is 0 Å². The number of nitrogens with one attached hydrogen (secondary N) is 2. The van der Waals surface area contributed by atoms with Crippen molar-refractivity contribution in [1.82, 2.24) is 9.97 Å². The Kier molecular flexibility index (Phi) is 3.22. The zero-order valence-corrected chi connectivity index (χ0v) is 15.3. The van der Waals surface area contributed by atoms with Crippen LogP contribution in [0.1, 0.15) is 22.7 Å². The number of fused-ring (bicyclic) bond motifs is 2. The van der Waals surface area contributed by atoms with Crippen molar-refractivity contribution in [3.8, 4) is 11.1 Å². The summed E-state index contributed by atoms with van der Waals surface area (Å²) in [5.74, 6) is 0. The lowest BCUT2D eigenvalue weighted by Crippen LogP contribution is -2.11. The number of H-pyrrole nitrogens is 1. The lowest BCUT2D eigenvalue weighted by Gasteiger charge is -2.20. The van der Waals surface area contributed by atoms with Crippen LogP contribution in [-0.4, -0.2) is 9.97 Å². The molecule has 4 heteroatoms. The first-order chi connectivity index (χ1) is 12.2. The third-order valence-electron chi connectivity index (χ3n) is 4.88. The number of hydrogen-bond donors (Lipinski definition) is 2. The van der Waals surface area contributed by atoms with Gasteiger partial charge in [0.25, 0.3) is 0 Å². The zero-order valence-electron chi connectivity index (χ0n) is 13.7. The second-order valence-electron chi connectivity index (χ2n) is 6.50. The van der Waals surface area contributed by atoms with E-state index < -0.39 is 0 Å². The molecule has 5 rings (SSSR count). The Morgan fingerprint density at radius 2 is 1.84 bits per heavy atom. The second-order valence-corrected chi connectivity index (χ2v) is 7.42. The van der Waals surface area contributed by atoms with Crippen molar-refractivity contribution in [1.29, 1.82) is 0 Å². The van der Waals surface area contributed by atoms with Crippen LogP contribution in [0.5, 0.6) is 0 Å². The molecule has 25 heavy (non-hydrogen) atoms. The van der Waals surface area contributed by atoms with Gasteiger partial charge in [0.1, 0.15) is 5.65 Å². The Labute approximate surface area is 154 Å². The number of benzene rings is 2. The molecular weight excluding hydrogens is 374 g/mol. The van der Waals surface area contributed by atoms with Crippen LogP contribution in [-0.2, 0) is 0 Å². The SMILES string of the molecule is Cc1ccc2c(c1)-c1ccnc3[nH]cc(c13)C(c1ccc(Br)cc1)N2. The van der Waals surface area contributed by atoms with Crippen LogP contribution in [0.25, 0.3) is 22.2 Å². The molecule has 1 aliphatic heterocycles. The molecule has 0 radical (unpaired) electrons. The van der Waals surface area contributed by atoms with Gasteiger partial charge in [0.2, 0.25) is 0 Å². The van der Waals surface area contributed by atoms with Crippen molar-refractivity contribution in [2.24, 2.45) is 0 Å². The molecule has 122 valence electrons. The number of nitrogens with zero attached hydrogens (tertiary/aromatic N) is 1. The third-order valence-corrected chi connectivity index (χ3v) is 5.41. The first-order valence-corrected chi connectivity index (χ1v) is 9.09. The minimum Gasteiger partial charge on any atom is -0.374 e. The number of pyridine rings is 1. The van der Waals surface area contributed by atoms with E-state index in [0.717, 1.165) is 15.8 Å². The number of aromatic nitrogens is 2. The smallest absolute Gasteiger partial charge is 0.138 e. The quantitative estimate of drug-likeness (QED) is 0.430. The van der Waals surface area contributed by atoms with E-state index in [9.17, 15) is 0 Å². The minimum absolute atomic E-state index is 0.0776. The molecule has 0 spiro atoms. The van der Waals surface area contributed by atoms with Crippen LogP contribution in [0.15, 0.2) is 65.4 Å². The molecule has 3 nitrogen and oxygen atoms in total. The molecule has 0 saturated heterocycles. The topological polar surface area (TPSA) is 40.7 Å². The molecule has 0 bridgehead atoms. The van der Waals surface area contributed by atoms with E-state index in [4.69, 9.17) is 0 Å². The molecule has 0 aliphatic carbocycles. The lowest BCUT2D eigenvalue weighted by molar-refractivity contribution is 0.952. The van der Waals surface area contributed by atoms with Gasteiger partial charge < -0.3 is 10.3 Å². The predicted octanol–water partition coefficient (Wildman–Crippen LogP) is 5.82. The fraction of sp³-hybridized carbons (Fsp3) is 0.0952. The van der Waals surface area contributed by atoms with Crippen LogP contribution >= 0.6 is 15.9 Å². The molecular formula is C21H16BrN3. The number of halogens is 1. The predicted molar refractivity (Wildman–Crippen MR) is 106 cm³/mol. The number of anilines is 1. The van der Waals surface area contributed by atoms with E-state index in [1.54, 1.807) is 0 Å². The third kappa shape index (κ3) is 2.29. The standard InChI is InChI=1S/C21H16BrN3/c1-12-2-7-18-16(10-12)15-8-9-23-21-19(15)17(11-24-21)20(25-18)13-3-5-14(22)6-4-13/h2-11,20,25H,1H3,(H,23,24). The molecule has 3 heterocycles. The van der Waals surface area contributed by atoms with Crippen molar-refractivity contribution < 1.29 is 0 Å². The summed E-state index contributed by atoms with van der Waals surface area (Å²) in [4.78, 5) is 7.88. The largest absolute Gasteiger partial charge is 0.374 e. The summed E-state index contributed by atoms with van der Waals surface area (Å²) < 4.78 is 1.09. The summed E-state index contributed by atoms with van der Waals surface area (Å²) in [5, 5.41) is 4.95. The fourth-order valence-corrected chi connectivity index (χ4v) is 3.96. The van der Waals surface area contributed by atoms with E-state index in [-0.39, 0.29) is 6.04 Å². The molecule has 0 fully saturated rings. The highest BCUT2D eigenvalue weighted by molar-refractivity contribution is 9.10. The fourth-order valence-electron chi connectivity index (χ4n) is 3.69. The summed E-state index contributed by atoms with van der Waals surface area (Å²) in [6.45, 7) is 2.13. The highest BCUT2D eigenvalue weighted by atomic mass is 79.9. The van der Waals surface area contributed by atoms with Gasteiger partial charge in [0.15, 0.2) is 0 Å². The van der Waals surface area contributed by atoms with Gasteiger partial charge in [-0.25, -0.2) is 4.98 Å². The molecule has 1 aliphatic rings. The first kappa shape index (κ1) is 14.7. The maximum absolute atomic E-state index is 4.53. The normalized spacial score (nSPS) is 15.5. The Hall–Kier alpha value is -2.59. The average Bonchev–Trinajstić information content (AvgIpc) is 2.99. The van der Waals surface area contributed by atoms with Gasteiger partial charge in [-0.3, -0.25) is 0 Å². The van der Waals surface area contributed by atoms with E-state index in [1.165, 1.54) is 33.2 Å². The molecule has 2 N–H and O–H groups in total. The summed E-state index contributed by atoms with van der Waals surface area (Å²) in [7, 11) is 0. The monoisotopic (exact) mass is 389 g/mol. The van der Waals surface area contributed by atoms with Gasteiger partial charge >= 0.3 is 0 Å². The molecule has 1 atom stereocenters. The van der Waals surface area contributed by atoms with Gasteiger partial charge in [-0.15, -0.1) is 0 Å². The van der Waals surface area contributed by atoms with Crippen molar-refractivity contribution in [2.45, 2.75) is 13.0 Å². The molecule has 0 saturated carbocycles. The maximum Gasteiger partial charge on any atom is 0.138 e. The van der Waals surface area contributed by atoms with Crippen LogP contribution in [0.2, 0.25) is 0 Å². The summed E-state index contributed by atoms with van der Waals surface area (Å²) >= 11 is 3.53. The van der Waals surface area contributed by atoms with Crippen LogP contribution in [0, 0.1) is 6.92 Å². The van der Waals surface area contributed by atoms with Gasteiger partial charge in [-0.05, 0) is 48.4 Å².